The highest BCUT2D eigenvalue weighted by Gasteiger charge is 2.14. The molecule has 0 amide bonds. The predicted molar refractivity (Wildman–Crippen MR) is 69.4 cm³/mol. The topological polar surface area (TPSA) is 60.2 Å². The van der Waals surface area contributed by atoms with Gasteiger partial charge in [0, 0.05) is 0 Å². The number of halogens is 3. The highest BCUT2D eigenvalue weighted by Crippen LogP contribution is 2.26. The molecule has 2 aromatic rings. The number of pyridine rings is 1. The van der Waals surface area contributed by atoms with Crippen molar-refractivity contribution in [3.05, 3.63) is 41.7 Å². The molecule has 0 saturated heterocycles. The Morgan fingerprint density at radius 2 is 1.90 bits per heavy atom. The summed E-state index contributed by atoms with van der Waals surface area (Å²) >= 11 is 0. The lowest BCUT2D eigenvalue weighted by Crippen LogP contribution is -2.04. The van der Waals surface area contributed by atoms with Gasteiger partial charge >= 0.3 is 0 Å². The van der Waals surface area contributed by atoms with E-state index in [0.29, 0.717) is 12.3 Å². The van der Waals surface area contributed by atoms with Gasteiger partial charge in [0.25, 0.3) is 0 Å². The molecule has 0 unspecified atom stereocenters. The molecule has 4 nitrogen and oxygen atoms in total. The van der Waals surface area contributed by atoms with Crippen molar-refractivity contribution in [3.8, 4) is 5.88 Å². The number of benzene rings is 1. The summed E-state index contributed by atoms with van der Waals surface area (Å²) in [4.78, 5) is 4.01. The van der Waals surface area contributed by atoms with Crippen LogP contribution in [0.1, 0.15) is 6.92 Å². The second-order valence-electron chi connectivity index (χ2n) is 3.87. The molecule has 0 aliphatic heterocycles. The number of nitrogen functional groups attached to an aromatic ring is 1. The van der Waals surface area contributed by atoms with Crippen LogP contribution in [0.3, 0.4) is 0 Å². The van der Waals surface area contributed by atoms with E-state index in [-0.39, 0.29) is 17.4 Å². The highest BCUT2D eigenvalue weighted by atomic mass is 19.2. The van der Waals surface area contributed by atoms with Gasteiger partial charge in [0.2, 0.25) is 5.88 Å². The van der Waals surface area contributed by atoms with Crippen LogP contribution >= 0.6 is 0 Å². The zero-order valence-electron chi connectivity index (χ0n) is 10.6. The summed E-state index contributed by atoms with van der Waals surface area (Å²) in [6, 6.07) is 4.88. The summed E-state index contributed by atoms with van der Waals surface area (Å²) in [7, 11) is 0. The monoisotopic (exact) mass is 283 g/mol. The molecule has 0 atom stereocenters. The zero-order valence-corrected chi connectivity index (χ0v) is 10.6. The van der Waals surface area contributed by atoms with Crippen LogP contribution in [0.25, 0.3) is 0 Å². The molecule has 7 heteroatoms. The molecule has 0 aliphatic rings. The molecule has 0 bridgehead atoms. The summed E-state index contributed by atoms with van der Waals surface area (Å²) in [6.07, 6.45) is 0. The van der Waals surface area contributed by atoms with Crippen LogP contribution in [0.2, 0.25) is 0 Å². The molecule has 1 aromatic heterocycles. The molecule has 0 radical (unpaired) electrons. The Morgan fingerprint density at radius 3 is 2.60 bits per heavy atom. The number of hydrogen-bond donors (Lipinski definition) is 2. The first-order valence-electron chi connectivity index (χ1n) is 5.82. The van der Waals surface area contributed by atoms with E-state index in [1.54, 1.807) is 6.92 Å². The quantitative estimate of drug-likeness (QED) is 0.846. The molecule has 3 N–H and O–H groups in total. The van der Waals surface area contributed by atoms with Crippen LogP contribution in [-0.4, -0.2) is 11.6 Å². The molecule has 106 valence electrons. The third-order valence-electron chi connectivity index (χ3n) is 2.47. The van der Waals surface area contributed by atoms with Crippen molar-refractivity contribution < 1.29 is 17.9 Å². The minimum Gasteiger partial charge on any atom is -0.476 e. The number of nitrogens with one attached hydrogen (secondary N) is 1. The molecule has 0 saturated carbocycles. The number of ether oxygens (including phenoxy) is 1. The van der Waals surface area contributed by atoms with E-state index < -0.39 is 17.5 Å². The van der Waals surface area contributed by atoms with Crippen molar-refractivity contribution in [2.24, 2.45) is 0 Å². The van der Waals surface area contributed by atoms with Crippen LogP contribution in [0.5, 0.6) is 5.88 Å². The average Bonchev–Trinajstić information content (AvgIpc) is 2.43. The molecule has 0 aliphatic carbocycles. The van der Waals surface area contributed by atoms with E-state index in [1.807, 2.05) is 0 Å². The van der Waals surface area contributed by atoms with Crippen molar-refractivity contribution in [2.45, 2.75) is 6.92 Å². The molecular weight excluding hydrogens is 271 g/mol. The van der Waals surface area contributed by atoms with Crippen LogP contribution in [0.15, 0.2) is 24.3 Å². The number of hydrogen-bond acceptors (Lipinski definition) is 4. The summed E-state index contributed by atoms with van der Waals surface area (Å²) in [5.41, 5.74) is 5.73. The summed E-state index contributed by atoms with van der Waals surface area (Å²) in [6.45, 7) is 2.12. The molecule has 2 rings (SSSR count). The second-order valence-corrected chi connectivity index (χ2v) is 3.87. The summed E-state index contributed by atoms with van der Waals surface area (Å²) in [5.74, 6) is -3.74. The number of nitrogens with zero attached hydrogens (tertiary/aromatic N) is 1. The smallest absolute Gasteiger partial charge is 0.239 e. The molecule has 1 heterocycles. The molecule has 20 heavy (non-hydrogen) atoms. The van der Waals surface area contributed by atoms with E-state index >= 15 is 0 Å². The Bertz CT molecular complexity index is 634. The number of rotatable bonds is 4. The highest BCUT2D eigenvalue weighted by molar-refractivity contribution is 5.61. The van der Waals surface area contributed by atoms with Crippen LogP contribution in [-0.2, 0) is 0 Å². The van der Waals surface area contributed by atoms with Gasteiger partial charge in [0.05, 0.1) is 18.0 Å². The lowest BCUT2D eigenvalue weighted by Gasteiger charge is -2.10. The van der Waals surface area contributed by atoms with Gasteiger partial charge in [-0.25, -0.2) is 13.2 Å². The first kappa shape index (κ1) is 14.0. The maximum absolute atomic E-state index is 13.5. The van der Waals surface area contributed by atoms with E-state index in [0.717, 1.165) is 12.1 Å². The first-order chi connectivity index (χ1) is 9.52. The lowest BCUT2D eigenvalue weighted by atomic mass is 10.2. The van der Waals surface area contributed by atoms with E-state index in [2.05, 4.69) is 10.3 Å². The van der Waals surface area contributed by atoms with Gasteiger partial charge in [-0.15, -0.1) is 0 Å². The SMILES string of the molecule is CCOc1nc(Nc2ccc(F)c(F)c2F)ccc1N. The third kappa shape index (κ3) is 2.76. The van der Waals surface area contributed by atoms with Crippen molar-refractivity contribution in [3.63, 3.8) is 0 Å². The fourth-order valence-electron chi connectivity index (χ4n) is 1.53. The van der Waals surface area contributed by atoms with Gasteiger partial charge in [-0.1, -0.05) is 0 Å². The van der Waals surface area contributed by atoms with Crippen LogP contribution < -0.4 is 15.8 Å². The van der Waals surface area contributed by atoms with Gasteiger partial charge in [-0.3, -0.25) is 0 Å². The van der Waals surface area contributed by atoms with Crippen molar-refractivity contribution >= 4 is 17.2 Å². The number of nitrogens with two attached hydrogens (primary N) is 1. The van der Waals surface area contributed by atoms with Gasteiger partial charge in [0.1, 0.15) is 5.82 Å². The normalized spacial score (nSPS) is 10.4. The van der Waals surface area contributed by atoms with Crippen molar-refractivity contribution in [1.82, 2.24) is 4.98 Å². The largest absolute Gasteiger partial charge is 0.476 e. The Labute approximate surface area is 113 Å². The number of aromatic nitrogens is 1. The number of anilines is 3. The van der Waals surface area contributed by atoms with Gasteiger partial charge < -0.3 is 15.8 Å². The van der Waals surface area contributed by atoms with E-state index in [4.69, 9.17) is 10.5 Å². The minimum atomic E-state index is -1.55. The summed E-state index contributed by atoms with van der Waals surface area (Å²) in [5, 5.41) is 2.54. The Hall–Kier alpha value is -2.44. The van der Waals surface area contributed by atoms with Gasteiger partial charge in [0.15, 0.2) is 17.5 Å². The first-order valence-corrected chi connectivity index (χ1v) is 5.82. The molecular formula is C13H12F3N3O. The Kier molecular flexibility index (Phi) is 3.97. The molecule has 1 aromatic carbocycles. The Morgan fingerprint density at radius 1 is 1.15 bits per heavy atom. The standard InChI is InChI=1S/C13H12F3N3O/c1-2-20-13-8(17)4-6-10(19-13)18-9-5-3-7(14)11(15)12(9)16/h3-6H,2,17H2,1H3,(H,18,19). The van der Waals surface area contributed by atoms with E-state index in [1.165, 1.54) is 12.1 Å². The molecule has 0 spiro atoms. The third-order valence-corrected chi connectivity index (χ3v) is 2.47. The zero-order chi connectivity index (χ0) is 14.7. The summed E-state index contributed by atoms with van der Waals surface area (Å²) < 4.78 is 44.6. The Balaban J connectivity index is 2.31. The average molecular weight is 283 g/mol. The maximum atomic E-state index is 13.5. The van der Waals surface area contributed by atoms with Gasteiger partial charge in [-0.2, -0.15) is 4.98 Å². The van der Waals surface area contributed by atoms with Crippen LogP contribution in [0, 0.1) is 17.5 Å². The van der Waals surface area contributed by atoms with Crippen LogP contribution in [0.4, 0.5) is 30.4 Å². The van der Waals surface area contributed by atoms with Crippen molar-refractivity contribution in [2.75, 3.05) is 17.7 Å². The second kappa shape index (κ2) is 5.68. The van der Waals surface area contributed by atoms with E-state index in [9.17, 15) is 13.2 Å². The lowest BCUT2D eigenvalue weighted by molar-refractivity contribution is 0.329. The van der Waals surface area contributed by atoms with Gasteiger partial charge in [-0.05, 0) is 31.2 Å². The fourth-order valence-corrected chi connectivity index (χ4v) is 1.53. The maximum Gasteiger partial charge on any atom is 0.239 e. The minimum absolute atomic E-state index is 0.181. The van der Waals surface area contributed by atoms with Crippen molar-refractivity contribution in [1.29, 1.82) is 0 Å². The fraction of sp³-hybridized carbons (Fsp3) is 0.154. The molecule has 0 fully saturated rings. The predicted octanol–water partition coefficient (Wildman–Crippen LogP) is 3.22.